The Kier molecular flexibility index (Phi) is 4.74. The fourth-order valence-electron chi connectivity index (χ4n) is 1.75. The first-order chi connectivity index (χ1) is 9.49. The summed E-state index contributed by atoms with van der Waals surface area (Å²) in [6.45, 7) is 1.16. The molecule has 0 heterocycles. The number of rotatable bonds is 8. The summed E-state index contributed by atoms with van der Waals surface area (Å²) in [6, 6.07) is 5.79. The van der Waals surface area contributed by atoms with E-state index in [9.17, 15) is 13.2 Å². The van der Waals surface area contributed by atoms with E-state index < -0.39 is 16.0 Å². The lowest BCUT2D eigenvalue weighted by Crippen LogP contribution is -2.28. The lowest BCUT2D eigenvalue weighted by atomic mass is 10.2. The molecule has 0 unspecified atom stereocenters. The van der Waals surface area contributed by atoms with E-state index in [1.807, 2.05) is 0 Å². The van der Waals surface area contributed by atoms with Gasteiger partial charge in [-0.3, -0.25) is 0 Å². The van der Waals surface area contributed by atoms with Crippen LogP contribution in [-0.4, -0.2) is 38.6 Å². The van der Waals surface area contributed by atoms with Crippen molar-refractivity contribution < 1.29 is 18.3 Å². The molecule has 1 aliphatic carbocycles. The Morgan fingerprint density at radius 1 is 1.20 bits per heavy atom. The van der Waals surface area contributed by atoms with Crippen LogP contribution in [0.5, 0.6) is 0 Å². The molecular weight excluding hydrogens is 280 g/mol. The number of carboxylic acid groups (broad SMARTS) is 1. The van der Waals surface area contributed by atoms with Gasteiger partial charge in [-0.05, 0) is 50.1 Å². The van der Waals surface area contributed by atoms with Crippen LogP contribution in [0.1, 0.15) is 29.6 Å². The minimum absolute atomic E-state index is 0.0672. The molecule has 0 spiro atoms. The lowest BCUT2D eigenvalue weighted by Gasteiger charge is -2.07. The van der Waals surface area contributed by atoms with Crippen LogP contribution in [0.15, 0.2) is 29.2 Å². The van der Waals surface area contributed by atoms with Crippen LogP contribution < -0.4 is 10.0 Å². The van der Waals surface area contributed by atoms with Crippen molar-refractivity contribution in [2.75, 3.05) is 13.1 Å². The van der Waals surface area contributed by atoms with Crippen LogP contribution in [0.4, 0.5) is 0 Å². The van der Waals surface area contributed by atoms with E-state index in [4.69, 9.17) is 5.11 Å². The van der Waals surface area contributed by atoms with E-state index in [2.05, 4.69) is 10.0 Å². The van der Waals surface area contributed by atoms with E-state index in [1.54, 1.807) is 0 Å². The van der Waals surface area contributed by atoms with Gasteiger partial charge in [0.25, 0.3) is 0 Å². The van der Waals surface area contributed by atoms with E-state index in [0.29, 0.717) is 12.6 Å². The van der Waals surface area contributed by atoms with E-state index in [1.165, 1.54) is 37.1 Å². The van der Waals surface area contributed by atoms with Gasteiger partial charge in [0.2, 0.25) is 10.0 Å². The molecule has 0 saturated heterocycles. The molecule has 1 aliphatic rings. The first kappa shape index (κ1) is 15.0. The topological polar surface area (TPSA) is 95.5 Å². The second kappa shape index (κ2) is 6.34. The Bertz CT molecular complexity index is 565. The fraction of sp³-hybridized carbons (Fsp3) is 0.462. The van der Waals surface area contributed by atoms with Crippen LogP contribution in [0.2, 0.25) is 0 Å². The molecule has 1 aromatic carbocycles. The first-order valence-corrected chi connectivity index (χ1v) is 8.04. The highest BCUT2D eigenvalue weighted by Gasteiger charge is 2.19. The number of benzene rings is 1. The summed E-state index contributed by atoms with van der Waals surface area (Å²) in [5.41, 5.74) is 0.0672. The molecule has 2 rings (SSSR count). The number of aromatic carboxylic acids is 1. The van der Waals surface area contributed by atoms with Gasteiger partial charge in [-0.25, -0.2) is 17.9 Å². The molecular formula is C13H18N2O4S. The third-order valence-electron chi connectivity index (χ3n) is 3.07. The third kappa shape index (κ3) is 4.29. The van der Waals surface area contributed by atoms with E-state index in [0.717, 1.165) is 13.0 Å². The Hall–Kier alpha value is -1.44. The predicted octanol–water partition coefficient (Wildman–Crippen LogP) is 0.805. The van der Waals surface area contributed by atoms with Gasteiger partial charge in [-0.2, -0.15) is 0 Å². The van der Waals surface area contributed by atoms with Crippen molar-refractivity contribution in [3.05, 3.63) is 29.8 Å². The molecule has 1 saturated carbocycles. The highest BCUT2D eigenvalue weighted by atomic mass is 32.2. The van der Waals surface area contributed by atoms with Gasteiger partial charge in [0, 0.05) is 12.6 Å². The van der Waals surface area contributed by atoms with E-state index >= 15 is 0 Å². The van der Waals surface area contributed by atoms with Crippen molar-refractivity contribution in [3.8, 4) is 0 Å². The van der Waals surface area contributed by atoms with Crippen LogP contribution in [0.25, 0.3) is 0 Å². The highest BCUT2D eigenvalue weighted by Crippen LogP contribution is 2.18. The van der Waals surface area contributed by atoms with Crippen LogP contribution >= 0.6 is 0 Å². The largest absolute Gasteiger partial charge is 0.478 e. The van der Waals surface area contributed by atoms with Gasteiger partial charge in [-0.15, -0.1) is 0 Å². The molecule has 6 nitrogen and oxygen atoms in total. The Labute approximate surface area is 118 Å². The van der Waals surface area contributed by atoms with Crippen molar-refractivity contribution in [1.29, 1.82) is 0 Å². The van der Waals surface area contributed by atoms with Gasteiger partial charge in [0.1, 0.15) is 0 Å². The van der Waals surface area contributed by atoms with Crippen molar-refractivity contribution >= 4 is 16.0 Å². The summed E-state index contributed by atoms with van der Waals surface area (Å²) in [5.74, 6) is -1.08. The number of carbonyl (C=O) groups is 1. The van der Waals surface area contributed by atoms with Crippen molar-refractivity contribution in [3.63, 3.8) is 0 Å². The number of hydrogen-bond donors (Lipinski definition) is 3. The minimum Gasteiger partial charge on any atom is -0.478 e. The fourth-order valence-corrected chi connectivity index (χ4v) is 2.82. The molecule has 20 heavy (non-hydrogen) atoms. The monoisotopic (exact) mass is 298 g/mol. The molecule has 0 amide bonds. The smallest absolute Gasteiger partial charge is 0.335 e. The van der Waals surface area contributed by atoms with E-state index in [-0.39, 0.29) is 10.5 Å². The average Bonchev–Trinajstić information content (AvgIpc) is 3.22. The second-order valence-electron chi connectivity index (χ2n) is 4.81. The molecule has 1 fully saturated rings. The summed E-state index contributed by atoms with van der Waals surface area (Å²) in [6.07, 6.45) is 3.15. The van der Waals surface area contributed by atoms with Gasteiger partial charge in [-0.1, -0.05) is 0 Å². The zero-order valence-electron chi connectivity index (χ0n) is 11.0. The molecule has 0 radical (unpaired) electrons. The number of hydrogen-bond acceptors (Lipinski definition) is 4. The van der Waals surface area contributed by atoms with Crippen LogP contribution in [0.3, 0.4) is 0 Å². The van der Waals surface area contributed by atoms with Crippen LogP contribution in [0, 0.1) is 0 Å². The SMILES string of the molecule is O=C(O)c1ccc(S(=O)(=O)NCCCNC2CC2)cc1. The van der Waals surface area contributed by atoms with Crippen LogP contribution in [-0.2, 0) is 10.0 Å². The Balaban J connectivity index is 1.83. The highest BCUT2D eigenvalue weighted by molar-refractivity contribution is 7.89. The molecule has 0 bridgehead atoms. The average molecular weight is 298 g/mol. The molecule has 1 aromatic rings. The molecule has 7 heteroatoms. The summed E-state index contributed by atoms with van der Waals surface area (Å²) in [4.78, 5) is 10.8. The van der Waals surface area contributed by atoms with Crippen molar-refractivity contribution in [1.82, 2.24) is 10.0 Å². The summed E-state index contributed by atoms with van der Waals surface area (Å²) < 4.78 is 26.4. The summed E-state index contributed by atoms with van der Waals surface area (Å²) in [7, 11) is -3.56. The minimum atomic E-state index is -3.56. The van der Waals surface area contributed by atoms with Gasteiger partial charge in [0.05, 0.1) is 10.5 Å². The normalized spacial score (nSPS) is 15.2. The maximum Gasteiger partial charge on any atom is 0.335 e. The van der Waals surface area contributed by atoms with Gasteiger partial charge < -0.3 is 10.4 Å². The number of carboxylic acids is 1. The standard InChI is InChI=1S/C13H18N2O4S/c16-13(17)10-2-6-12(7-3-10)20(18,19)15-9-1-8-14-11-4-5-11/h2-3,6-7,11,14-15H,1,4-5,8-9H2,(H,16,17). The van der Waals surface area contributed by atoms with Gasteiger partial charge >= 0.3 is 5.97 Å². The Morgan fingerprint density at radius 2 is 1.85 bits per heavy atom. The summed E-state index contributed by atoms with van der Waals surface area (Å²) >= 11 is 0. The number of nitrogens with one attached hydrogen (secondary N) is 2. The molecule has 0 aliphatic heterocycles. The quantitative estimate of drug-likeness (QED) is 0.617. The zero-order valence-corrected chi connectivity index (χ0v) is 11.8. The van der Waals surface area contributed by atoms with Gasteiger partial charge in [0.15, 0.2) is 0 Å². The molecule has 0 aromatic heterocycles. The van der Waals surface area contributed by atoms with Crippen molar-refractivity contribution in [2.45, 2.75) is 30.2 Å². The van der Waals surface area contributed by atoms with Crippen molar-refractivity contribution in [2.24, 2.45) is 0 Å². The Morgan fingerprint density at radius 3 is 2.40 bits per heavy atom. The summed E-state index contributed by atoms with van der Waals surface area (Å²) in [5, 5.41) is 12.1. The molecule has 0 atom stereocenters. The lowest BCUT2D eigenvalue weighted by molar-refractivity contribution is 0.0696. The maximum atomic E-state index is 11.9. The predicted molar refractivity (Wildman–Crippen MR) is 74.2 cm³/mol. The molecule has 3 N–H and O–H groups in total. The first-order valence-electron chi connectivity index (χ1n) is 6.55. The molecule has 110 valence electrons. The second-order valence-corrected chi connectivity index (χ2v) is 6.58. The number of sulfonamides is 1. The third-order valence-corrected chi connectivity index (χ3v) is 4.54. The zero-order chi connectivity index (χ0) is 14.6. The maximum absolute atomic E-state index is 11.9.